The van der Waals surface area contributed by atoms with E-state index < -0.39 is 22.0 Å². The van der Waals surface area contributed by atoms with E-state index in [1.54, 1.807) is 19.4 Å². The summed E-state index contributed by atoms with van der Waals surface area (Å²) in [6, 6.07) is 3.24. The first kappa shape index (κ1) is 21.2. The van der Waals surface area contributed by atoms with Gasteiger partial charge in [0.25, 0.3) is 0 Å². The van der Waals surface area contributed by atoms with Crippen LogP contribution in [-0.2, 0) is 21.4 Å². The Morgan fingerprint density at radius 2 is 2.19 bits per heavy atom. The van der Waals surface area contributed by atoms with Crippen LogP contribution >= 0.6 is 11.6 Å². The molecule has 1 amide bonds. The van der Waals surface area contributed by atoms with Gasteiger partial charge in [-0.25, -0.2) is 13.4 Å². The van der Waals surface area contributed by atoms with Gasteiger partial charge in [0.1, 0.15) is 5.75 Å². The van der Waals surface area contributed by atoms with Crippen LogP contribution in [0.2, 0.25) is 5.02 Å². The van der Waals surface area contributed by atoms with Crippen molar-refractivity contribution in [2.75, 3.05) is 13.2 Å². The van der Waals surface area contributed by atoms with Gasteiger partial charge in [-0.05, 0) is 38.5 Å². The number of sulfonamides is 1. The Morgan fingerprint density at radius 3 is 2.81 bits per heavy atom. The second-order valence-corrected chi connectivity index (χ2v) is 7.93. The Kier molecular flexibility index (Phi) is 7.64. The van der Waals surface area contributed by atoms with E-state index in [1.165, 1.54) is 25.1 Å². The fourth-order valence-corrected chi connectivity index (χ4v) is 3.85. The van der Waals surface area contributed by atoms with Crippen molar-refractivity contribution < 1.29 is 17.9 Å². The summed E-state index contributed by atoms with van der Waals surface area (Å²) < 4.78 is 34.4. The van der Waals surface area contributed by atoms with Gasteiger partial charge in [-0.15, -0.1) is 0 Å². The molecule has 2 N–H and O–H groups in total. The highest BCUT2D eigenvalue weighted by Crippen LogP contribution is 2.27. The van der Waals surface area contributed by atoms with E-state index in [2.05, 4.69) is 15.0 Å². The number of rotatable bonds is 10. The third kappa shape index (κ3) is 6.23. The molecule has 10 heteroatoms. The SMILES string of the molecule is CCOc1ccc(S(=O)(=O)N[C@H](C)C(=O)NCCCn2ccnc2)cc1Cl. The molecule has 27 heavy (non-hydrogen) atoms. The molecule has 2 rings (SSSR count). The average molecular weight is 415 g/mol. The molecule has 1 atom stereocenters. The van der Waals surface area contributed by atoms with Crippen molar-refractivity contribution >= 4 is 27.5 Å². The number of hydrogen-bond donors (Lipinski definition) is 2. The van der Waals surface area contributed by atoms with Gasteiger partial charge < -0.3 is 14.6 Å². The van der Waals surface area contributed by atoms with Crippen molar-refractivity contribution in [2.45, 2.75) is 37.8 Å². The van der Waals surface area contributed by atoms with Crippen molar-refractivity contribution in [1.82, 2.24) is 19.6 Å². The Labute approximate surface area is 163 Å². The molecule has 148 valence electrons. The van der Waals surface area contributed by atoms with E-state index in [0.717, 1.165) is 0 Å². The first-order valence-corrected chi connectivity index (χ1v) is 10.4. The minimum absolute atomic E-state index is 0.0317. The van der Waals surface area contributed by atoms with Gasteiger partial charge in [0, 0.05) is 25.5 Å². The van der Waals surface area contributed by atoms with Gasteiger partial charge in [-0.2, -0.15) is 4.72 Å². The number of halogens is 1. The topological polar surface area (TPSA) is 102 Å². The Hall–Kier alpha value is -2.10. The molecule has 1 aromatic heterocycles. The smallest absolute Gasteiger partial charge is 0.241 e. The lowest BCUT2D eigenvalue weighted by atomic mass is 10.3. The summed E-state index contributed by atoms with van der Waals surface area (Å²) in [7, 11) is -3.89. The maximum absolute atomic E-state index is 12.5. The Morgan fingerprint density at radius 1 is 1.41 bits per heavy atom. The van der Waals surface area contributed by atoms with Crippen LogP contribution in [0.5, 0.6) is 5.75 Å². The number of carbonyl (C=O) groups is 1. The molecule has 0 bridgehead atoms. The lowest BCUT2D eigenvalue weighted by Crippen LogP contribution is -2.45. The molecule has 2 aromatic rings. The summed E-state index contributed by atoms with van der Waals surface area (Å²) in [5, 5.41) is 2.90. The normalized spacial score (nSPS) is 12.6. The van der Waals surface area contributed by atoms with Gasteiger partial charge in [-0.1, -0.05) is 11.6 Å². The van der Waals surface area contributed by atoms with E-state index in [4.69, 9.17) is 16.3 Å². The first-order valence-electron chi connectivity index (χ1n) is 8.51. The number of aromatic nitrogens is 2. The molecular formula is C17H23ClN4O4S. The molecule has 0 radical (unpaired) electrons. The van der Waals surface area contributed by atoms with Crippen molar-refractivity contribution in [1.29, 1.82) is 0 Å². The number of amides is 1. The van der Waals surface area contributed by atoms with Crippen molar-refractivity contribution in [3.63, 3.8) is 0 Å². The summed E-state index contributed by atoms with van der Waals surface area (Å²) in [5.74, 6) is 0.00281. The molecular weight excluding hydrogens is 392 g/mol. The number of aryl methyl sites for hydroxylation is 1. The summed E-state index contributed by atoms with van der Waals surface area (Å²) >= 11 is 6.04. The zero-order valence-corrected chi connectivity index (χ0v) is 16.8. The number of carbonyl (C=O) groups excluding carboxylic acids is 1. The molecule has 0 aliphatic heterocycles. The molecule has 0 saturated heterocycles. The third-order valence-corrected chi connectivity index (χ3v) is 5.52. The summed E-state index contributed by atoms with van der Waals surface area (Å²) in [5.41, 5.74) is 0. The van der Waals surface area contributed by atoms with Gasteiger partial charge in [-0.3, -0.25) is 4.79 Å². The molecule has 1 aromatic carbocycles. The molecule has 0 fully saturated rings. The fourth-order valence-electron chi connectivity index (χ4n) is 2.32. The molecule has 0 aliphatic rings. The highest BCUT2D eigenvalue weighted by Gasteiger charge is 2.22. The molecule has 0 aliphatic carbocycles. The highest BCUT2D eigenvalue weighted by molar-refractivity contribution is 7.89. The quantitative estimate of drug-likeness (QED) is 0.577. The lowest BCUT2D eigenvalue weighted by Gasteiger charge is -2.15. The van der Waals surface area contributed by atoms with E-state index in [0.29, 0.717) is 31.9 Å². The van der Waals surface area contributed by atoms with Crippen LogP contribution < -0.4 is 14.8 Å². The van der Waals surface area contributed by atoms with Crippen LogP contribution in [0.4, 0.5) is 0 Å². The summed E-state index contributed by atoms with van der Waals surface area (Å²) in [6.07, 6.45) is 5.92. The number of ether oxygens (including phenoxy) is 1. The molecule has 0 spiro atoms. The second-order valence-electron chi connectivity index (χ2n) is 5.81. The fraction of sp³-hybridized carbons (Fsp3) is 0.412. The number of nitrogens with zero attached hydrogens (tertiary/aromatic N) is 2. The van der Waals surface area contributed by atoms with Gasteiger partial charge in [0.15, 0.2) is 0 Å². The van der Waals surface area contributed by atoms with E-state index >= 15 is 0 Å². The minimum Gasteiger partial charge on any atom is -0.492 e. The first-order chi connectivity index (χ1) is 12.8. The second kappa shape index (κ2) is 9.72. The van der Waals surface area contributed by atoms with Crippen LogP contribution in [0.15, 0.2) is 41.8 Å². The van der Waals surface area contributed by atoms with Crippen molar-refractivity contribution in [3.8, 4) is 5.75 Å². The Balaban J connectivity index is 1.87. The molecule has 0 unspecified atom stereocenters. The zero-order valence-electron chi connectivity index (χ0n) is 15.2. The van der Waals surface area contributed by atoms with E-state index in [9.17, 15) is 13.2 Å². The molecule has 8 nitrogen and oxygen atoms in total. The number of nitrogens with one attached hydrogen (secondary N) is 2. The summed E-state index contributed by atoms with van der Waals surface area (Å²) in [4.78, 5) is 16.0. The predicted octanol–water partition coefficient (Wildman–Crippen LogP) is 1.81. The van der Waals surface area contributed by atoms with Crippen LogP contribution in [-0.4, -0.2) is 43.1 Å². The maximum atomic E-state index is 12.5. The number of hydrogen-bond acceptors (Lipinski definition) is 5. The highest BCUT2D eigenvalue weighted by atomic mass is 35.5. The van der Waals surface area contributed by atoms with Gasteiger partial charge in [0.2, 0.25) is 15.9 Å². The van der Waals surface area contributed by atoms with Crippen molar-refractivity contribution in [3.05, 3.63) is 41.9 Å². The minimum atomic E-state index is -3.89. The van der Waals surface area contributed by atoms with Crippen LogP contribution in [0, 0.1) is 0 Å². The number of imidazole rings is 1. The van der Waals surface area contributed by atoms with Crippen LogP contribution in [0.1, 0.15) is 20.3 Å². The third-order valence-electron chi connectivity index (χ3n) is 3.69. The van der Waals surface area contributed by atoms with Gasteiger partial charge >= 0.3 is 0 Å². The van der Waals surface area contributed by atoms with Crippen molar-refractivity contribution in [2.24, 2.45) is 0 Å². The average Bonchev–Trinajstić information content (AvgIpc) is 3.13. The van der Waals surface area contributed by atoms with Crippen LogP contribution in [0.25, 0.3) is 0 Å². The predicted molar refractivity (Wildman–Crippen MR) is 102 cm³/mol. The standard InChI is InChI=1S/C17H23ClN4O4S/c1-3-26-16-6-5-14(11-15(16)18)27(24,25)21-13(2)17(23)20-7-4-9-22-10-8-19-12-22/h5-6,8,10-13,21H,3-4,7,9H2,1-2H3,(H,20,23)/t13-/m1/s1. The number of benzene rings is 1. The lowest BCUT2D eigenvalue weighted by molar-refractivity contribution is -0.122. The van der Waals surface area contributed by atoms with E-state index in [1.807, 2.05) is 10.8 Å². The van der Waals surface area contributed by atoms with Crippen LogP contribution in [0.3, 0.4) is 0 Å². The molecule has 1 heterocycles. The monoisotopic (exact) mass is 414 g/mol. The van der Waals surface area contributed by atoms with Gasteiger partial charge in [0.05, 0.1) is 28.9 Å². The summed E-state index contributed by atoms with van der Waals surface area (Å²) in [6.45, 7) is 4.85. The maximum Gasteiger partial charge on any atom is 0.241 e. The Bertz CT molecular complexity index is 856. The molecule has 0 saturated carbocycles. The zero-order chi connectivity index (χ0) is 19.9. The van der Waals surface area contributed by atoms with E-state index in [-0.39, 0.29) is 9.92 Å². The largest absolute Gasteiger partial charge is 0.492 e.